The Hall–Kier alpha value is -1.87. The number of carbonyl (C=O) groups is 1. The summed E-state index contributed by atoms with van der Waals surface area (Å²) in [7, 11) is 1.92. The van der Waals surface area contributed by atoms with Crippen molar-refractivity contribution >= 4 is 5.78 Å². The van der Waals surface area contributed by atoms with Gasteiger partial charge in [-0.05, 0) is 26.1 Å². The number of nitrogens with zero attached hydrogens (tertiary/aromatic N) is 1. The summed E-state index contributed by atoms with van der Waals surface area (Å²) < 4.78 is 5.49. The van der Waals surface area contributed by atoms with Crippen LogP contribution in [0.25, 0.3) is 0 Å². The lowest BCUT2D eigenvalue weighted by atomic mass is 10.1. The molecule has 0 unspecified atom stereocenters. The Morgan fingerprint density at radius 1 is 1.17 bits per heavy atom. The molecule has 0 atom stereocenters. The van der Waals surface area contributed by atoms with E-state index in [9.17, 15) is 4.79 Å². The summed E-state index contributed by atoms with van der Waals surface area (Å²) in [6, 6.07) is 13.2. The zero-order valence-corrected chi connectivity index (χ0v) is 10.7. The molecule has 94 valence electrons. The highest BCUT2D eigenvalue weighted by atomic mass is 16.3. The first kappa shape index (κ1) is 12.6. The first-order valence-corrected chi connectivity index (χ1v) is 5.97. The van der Waals surface area contributed by atoms with Crippen molar-refractivity contribution in [2.24, 2.45) is 0 Å². The van der Waals surface area contributed by atoms with Gasteiger partial charge in [-0.3, -0.25) is 9.69 Å². The van der Waals surface area contributed by atoms with Gasteiger partial charge >= 0.3 is 0 Å². The van der Waals surface area contributed by atoms with Crippen LogP contribution >= 0.6 is 0 Å². The van der Waals surface area contributed by atoms with Crippen molar-refractivity contribution in [1.29, 1.82) is 0 Å². The van der Waals surface area contributed by atoms with Gasteiger partial charge in [-0.1, -0.05) is 30.3 Å². The molecule has 3 heteroatoms. The Bertz CT molecular complexity index is 516. The number of Topliss-reactive ketones (excluding diaryl/α,β-unsaturated/α-hetero) is 1. The van der Waals surface area contributed by atoms with E-state index >= 15 is 0 Å². The van der Waals surface area contributed by atoms with Gasteiger partial charge in [-0.15, -0.1) is 0 Å². The molecule has 2 rings (SSSR count). The average molecular weight is 243 g/mol. The molecule has 0 N–H and O–H groups in total. The van der Waals surface area contributed by atoms with Crippen LogP contribution in [0, 0.1) is 6.92 Å². The van der Waals surface area contributed by atoms with Crippen molar-refractivity contribution in [2.45, 2.75) is 13.5 Å². The first-order valence-electron chi connectivity index (χ1n) is 5.97. The van der Waals surface area contributed by atoms with Gasteiger partial charge in [0.1, 0.15) is 11.5 Å². The number of aryl methyl sites for hydroxylation is 1. The first-order chi connectivity index (χ1) is 8.65. The topological polar surface area (TPSA) is 33.5 Å². The van der Waals surface area contributed by atoms with E-state index in [0.29, 0.717) is 13.1 Å². The summed E-state index contributed by atoms with van der Waals surface area (Å²) in [4.78, 5) is 13.9. The van der Waals surface area contributed by atoms with Crippen LogP contribution in [-0.2, 0) is 6.54 Å². The standard InChI is InChI=1S/C15H17NO2/c1-12-8-9-14(18-12)10-16(2)11-15(17)13-6-4-3-5-7-13/h3-9H,10-11H2,1-2H3. The van der Waals surface area contributed by atoms with E-state index in [1.165, 1.54) is 0 Å². The van der Waals surface area contributed by atoms with Crippen molar-refractivity contribution in [3.63, 3.8) is 0 Å². The van der Waals surface area contributed by atoms with Gasteiger partial charge in [-0.25, -0.2) is 0 Å². The Balaban J connectivity index is 1.91. The highest BCUT2D eigenvalue weighted by Gasteiger charge is 2.10. The van der Waals surface area contributed by atoms with E-state index in [1.54, 1.807) is 0 Å². The van der Waals surface area contributed by atoms with Crippen LogP contribution in [0.15, 0.2) is 46.9 Å². The maximum absolute atomic E-state index is 12.0. The van der Waals surface area contributed by atoms with Crippen LogP contribution < -0.4 is 0 Å². The highest BCUT2D eigenvalue weighted by Crippen LogP contribution is 2.09. The molecular weight excluding hydrogens is 226 g/mol. The van der Waals surface area contributed by atoms with Crippen LogP contribution in [0.3, 0.4) is 0 Å². The second-order valence-electron chi connectivity index (χ2n) is 4.47. The molecule has 0 fully saturated rings. The summed E-state index contributed by atoms with van der Waals surface area (Å²) in [5, 5.41) is 0. The van der Waals surface area contributed by atoms with Gasteiger partial charge < -0.3 is 4.42 Å². The predicted molar refractivity (Wildman–Crippen MR) is 70.6 cm³/mol. The Morgan fingerprint density at radius 2 is 1.89 bits per heavy atom. The summed E-state index contributed by atoms with van der Waals surface area (Å²) in [6.45, 7) is 2.95. The number of likely N-dealkylation sites (N-methyl/N-ethyl adjacent to an activating group) is 1. The van der Waals surface area contributed by atoms with E-state index in [0.717, 1.165) is 17.1 Å². The molecule has 0 radical (unpaired) electrons. The third-order valence-corrected chi connectivity index (χ3v) is 2.73. The van der Waals surface area contributed by atoms with Crippen molar-refractivity contribution in [3.8, 4) is 0 Å². The monoisotopic (exact) mass is 243 g/mol. The molecule has 0 aliphatic rings. The van der Waals surface area contributed by atoms with Crippen molar-refractivity contribution in [1.82, 2.24) is 4.90 Å². The van der Waals surface area contributed by atoms with Crippen LogP contribution in [0.5, 0.6) is 0 Å². The molecule has 3 nitrogen and oxygen atoms in total. The molecule has 0 saturated carbocycles. The van der Waals surface area contributed by atoms with Crippen LogP contribution in [-0.4, -0.2) is 24.3 Å². The number of hydrogen-bond acceptors (Lipinski definition) is 3. The molecule has 1 heterocycles. The molecule has 0 bridgehead atoms. The quantitative estimate of drug-likeness (QED) is 0.757. The summed E-state index contributed by atoms with van der Waals surface area (Å²) >= 11 is 0. The molecule has 1 aromatic heterocycles. The smallest absolute Gasteiger partial charge is 0.176 e. The molecule has 0 saturated heterocycles. The van der Waals surface area contributed by atoms with Gasteiger partial charge in [0.25, 0.3) is 0 Å². The fraction of sp³-hybridized carbons (Fsp3) is 0.267. The Kier molecular flexibility index (Phi) is 3.95. The summed E-state index contributed by atoms with van der Waals surface area (Å²) in [6.07, 6.45) is 0. The zero-order chi connectivity index (χ0) is 13.0. The van der Waals surface area contributed by atoms with Gasteiger partial charge in [0.05, 0.1) is 13.1 Å². The van der Waals surface area contributed by atoms with Crippen molar-refractivity contribution < 1.29 is 9.21 Å². The minimum Gasteiger partial charge on any atom is -0.465 e. The largest absolute Gasteiger partial charge is 0.465 e. The maximum Gasteiger partial charge on any atom is 0.176 e. The Labute approximate surface area is 107 Å². The van der Waals surface area contributed by atoms with Crippen molar-refractivity contribution in [2.75, 3.05) is 13.6 Å². The number of carbonyl (C=O) groups excluding carboxylic acids is 1. The molecule has 0 amide bonds. The lowest BCUT2D eigenvalue weighted by molar-refractivity contribution is 0.0939. The van der Waals surface area contributed by atoms with Gasteiger partial charge in [-0.2, -0.15) is 0 Å². The minimum atomic E-state index is 0.126. The van der Waals surface area contributed by atoms with Gasteiger partial charge in [0.2, 0.25) is 0 Å². The summed E-state index contributed by atoms with van der Waals surface area (Å²) in [5.74, 6) is 1.91. The number of furan rings is 1. The second kappa shape index (κ2) is 5.65. The highest BCUT2D eigenvalue weighted by molar-refractivity contribution is 5.97. The van der Waals surface area contributed by atoms with E-state index in [1.807, 2.05) is 61.3 Å². The predicted octanol–water partition coefficient (Wildman–Crippen LogP) is 2.90. The number of ketones is 1. The molecule has 2 aromatic rings. The number of benzene rings is 1. The summed E-state index contributed by atoms with van der Waals surface area (Å²) in [5.41, 5.74) is 0.750. The van der Waals surface area contributed by atoms with Crippen LogP contribution in [0.2, 0.25) is 0 Å². The SMILES string of the molecule is Cc1ccc(CN(C)CC(=O)c2ccccc2)o1. The van der Waals surface area contributed by atoms with E-state index < -0.39 is 0 Å². The van der Waals surface area contributed by atoms with E-state index in [2.05, 4.69) is 0 Å². The van der Waals surface area contributed by atoms with E-state index in [4.69, 9.17) is 4.42 Å². The minimum absolute atomic E-state index is 0.126. The normalized spacial score (nSPS) is 10.8. The third kappa shape index (κ3) is 3.31. The zero-order valence-electron chi connectivity index (χ0n) is 10.7. The molecule has 1 aromatic carbocycles. The van der Waals surface area contributed by atoms with Crippen LogP contribution in [0.4, 0.5) is 0 Å². The average Bonchev–Trinajstić information content (AvgIpc) is 2.75. The molecule has 0 aliphatic heterocycles. The van der Waals surface area contributed by atoms with Crippen LogP contribution in [0.1, 0.15) is 21.9 Å². The Morgan fingerprint density at radius 3 is 2.50 bits per heavy atom. The maximum atomic E-state index is 12.0. The number of hydrogen-bond donors (Lipinski definition) is 0. The lowest BCUT2D eigenvalue weighted by Crippen LogP contribution is -2.25. The lowest BCUT2D eigenvalue weighted by Gasteiger charge is -2.14. The molecular formula is C15H17NO2. The fourth-order valence-corrected chi connectivity index (χ4v) is 1.85. The van der Waals surface area contributed by atoms with Gasteiger partial charge in [0.15, 0.2) is 5.78 Å². The fourth-order valence-electron chi connectivity index (χ4n) is 1.85. The molecule has 0 spiro atoms. The van der Waals surface area contributed by atoms with Crippen molar-refractivity contribution in [3.05, 3.63) is 59.5 Å². The van der Waals surface area contributed by atoms with Gasteiger partial charge in [0, 0.05) is 5.56 Å². The van der Waals surface area contributed by atoms with E-state index in [-0.39, 0.29) is 5.78 Å². The third-order valence-electron chi connectivity index (χ3n) is 2.73. The number of rotatable bonds is 5. The molecule has 18 heavy (non-hydrogen) atoms. The molecule has 0 aliphatic carbocycles. The second-order valence-corrected chi connectivity index (χ2v) is 4.47.